The molecule has 5 atom stereocenters. The van der Waals surface area contributed by atoms with Crippen molar-refractivity contribution in [3.63, 3.8) is 0 Å². The van der Waals surface area contributed by atoms with Crippen molar-refractivity contribution >= 4 is 23.9 Å². The van der Waals surface area contributed by atoms with Crippen molar-refractivity contribution in [1.82, 2.24) is 15.5 Å². The molecule has 180 valence electrons. The summed E-state index contributed by atoms with van der Waals surface area (Å²) in [5, 5.41) is 14.8. The first kappa shape index (κ1) is 25.6. The molecule has 0 bridgehead atoms. The van der Waals surface area contributed by atoms with Crippen LogP contribution in [0.25, 0.3) is 0 Å². The summed E-state index contributed by atoms with van der Waals surface area (Å²) in [4.78, 5) is 51.9. The second-order valence-electron chi connectivity index (χ2n) is 10.8. The lowest BCUT2D eigenvalue weighted by atomic mass is 9.85. The van der Waals surface area contributed by atoms with Gasteiger partial charge in [-0.2, -0.15) is 0 Å². The number of nitrogens with two attached hydrogens (primary N) is 1. The third-order valence-corrected chi connectivity index (χ3v) is 5.72. The van der Waals surface area contributed by atoms with E-state index in [2.05, 4.69) is 17.2 Å². The van der Waals surface area contributed by atoms with Gasteiger partial charge in [0.25, 0.3) is 0 Å². The fraction of sp³-hybridized carbons (Fsp3) is 0.727. The second kappa shape index (κ2) is 8.73. The molecule has 0 spiro atoms. The Morgan fingerprint density at radius 2 is 1.81 bits per heavy atom. The molecule has 5 N–H and O–H groups in total. The van der Waals surface area contributed by atoms with E-state index in [9.17, 15) is 24.3 Å². The Hall–Kier alpha value is -2.62. The lowest BCUT2D eigenvalue weighted by Crippen LogP contribution is -2.59. The molecule has 10 heteroatoms. The van der Waals surface area contributed by atoms with Crippen LogP contribution in [-0.2, 0) is 19.1 Å². The minimum atomic E-state index is -1.40. The van der Waals surface area contributed by atoms with Gasteiger partial charge in [-0.15, -0.1) is 6.58 Å². The average molecular weight is 453 g/mol. The molecule has 0 aromatic rings. The van der Waals surface area contributed by atoms with Gasteiger partial charge in [-0.25, -0.2) is 9.59 Å². The number of carboxylic acid groups (broad SMARTS) is 1. The fourth-order valence-electron chi connectivity index (χ4n) is 3.92. The van der Waals surface area contributed by atoms with Crippen LogP contribution in [0.3, 0.4) is 0 Å². The maximum absolute atomic E-state index is 13.5. The van der Waals surface area contributed by atoms with Gasteiger partial charge in [0.1, 0.15) is 23.2 Å². The standard InChI is InChI=1S/C22H36N4O6/c1-8-12-10-22(12,18(29)30)25-16(27)14-9-13(23)11-26(14)17(28)15(20(2,3)4)24-19(31)32-21(5,6)7/h8,12-15H,1,9-11,23H2,2-7H3,(H,24,31)(H,25,27)(H,29,30)/t12?,13-,14+,15-,22?/m1/s1. The lowest BCUT2D eigenvalue weighted by Gasteiger charge is -2.36. The van der Waals surface area contributed by atoms with Crippen LogP contribution in [0.5, 0.6) is 0 Å². The Morgan fingerprint density at radius 1 is 1.22 bits per heavy atom. The summed E-state index contributed by atoms with van der Waals surface area (Å²) < 4.78 is 5.30. The van der Waals surface area contributed by atoms with E-state index < -0.39 is 58.6 Å². The molecule has 0 radical (unpaired) electrons. The van der Waals surface area contributed by atoms with Gasteiger partial charge >= 0.3 is 12.1 Å². The Morgan fingerprint density at radius 3 is 2.25 bits per heavy atom. The van der Waals surface area contributed by atoms with Crippen LogP contribution >= 0.6 is 0 Å². The normalized spacial score (nSPS) is 28.5. The zero-order valence-electron chi connectivity index (χ0n) is 19.7. The largest absolute Gasteiger partial charge is 0.479 e. The predicted octanol–water partition coefficient (Wildman–Crippen LogP) is 1.000. The van der Waals surface area contributed by atoms with Crippen molar-refractivity contribution in [3.8, 4) is 0 Å². The van der Waals surface area contributed by atoms with E-state index in [0.717, 1.165) is 0 Å². The highest BCUT2D eigenvalue weighted by atomic mass is 16.6. The predicted molar refractivity (Wildman–Crippen MR) is 118 cm³/mol. The molecule has 0 aromatic carbocycles. The summed E-state index contributed by atoms with van der Waals surface area (Å²) in [6.07, 6.45) is 1.19. The molecule has 3 amide bonds. The lowest BCUT2D eigenvalue weighted by molar-refractivity contribution is -0.146. The number of hydrogen-bond donors (Lipinski definition) is 4. The van der Waals surface area contributed by atoms with Crippen LogP contribution in [0.15, 0.2) is 12.7 Å². The van der Waals surface area contributed by atoms with Crippen LogP contribution in [-0.4, -0.2) is 69.7 Å². The van der Waals surface area contributed by atoms with Crippen LogP contribution in [0.2, 0.25) is 0 Å². The van der Waals surface area contributed by atoms with Gasteiger partial charge in [0.2, 0.25) is 11.8 Å². The second-order valence-corrected chi connectivity index (χ2v) is 10.8. The Balaban J connectivity index is 2.22. The number of alkyl carbamates (subject to hydrolysis) is 1. The molecular formula is C22H36N4O6. The number of carboxylic acids is 1. The molecule has 0 aromatic heterocycles. The SMILES string of the molecule is C=CC1CC1(NC(=O)[C@@H]1C[C@@H](N)CN1C(=O)[C@@H](NC(=O)OC(C)(C)C)C(C)(C)C)C(=O)O. The number of carbonyl (C=O) groups is 4. The fourth-order valence-corrected chi connectivity index (χ4v) is 3.92. The molecule has 1 saturated heterocycles. The van der Waals surface area contributed by atoms with E-state index in [1.54, 1.807) is 41.5 Å². The van der Waals surface area contributed by atoms with Gasteiger partial charge in [0, 0.05) is 18.5 Å². The molecule has 2 rings (SSSR count). The first-order valence-corrected chi connectivity index (χ1v) is 10.8. The first-order valence-electron chi connectivity index (χ1n) is 10.8. The molecule has 2 aliphatic rings. The highest BCUT2D eigenvalue weighted by Crippen LogP contribution is 2.44. The van der Waals surface area contributed by atoms with Gasteiger partial charge in [-0.1, -0.05) is 26.8 Å². The zero-order chi connectivity index (χ0) is 24.6. The number of nitrogens with one attached hydrogen (secondary N) is 2. The Labute approximate surface area is 188 Å². The molecule has 2 fully saturated rings. The van der Waals surface area contributed by atoms with Crippen LogP contribution in [0.1, 0.15) is 54.4 Å². The van der Waals surface area contributed by atoms with E-state index in [-0.39, 0.29) is 25.3 Å². The number of amides is 3. The molecule has 1 aliphatic heterocycles. The van der Waals surface area contributed by atoms with E-state index in [1.165, 1.54) is 11.0 Å². The van der Waals surface area contributed by atoms with Crippen molar-refractivity contribution in [1.29, 1.82) is 0 Å². The summed E-state index contributed by atoms with van der Waals surface area (Å²) in [7, 11) is 0. The third kappa shape index (κ3) is 5.59. The summed E-state index contributed by atoms with van der Waals surface area (Å²) in [6.45, 7) is 14.2. The Kier molecular flexibility index (Phi) is 6.99. The number of likely N-dealkylation sites (tertiary alicyclic amines) is 1. The zero-order valence-corrected chi connectivity index (χ0v) is 19.7. The molecule has 2 unspecified atom stereocenters. The first-order chi connectivity index (χ1) is 14.5. The number of ether oxygens (including phenoxy) is 1. The maximum atomic E-state index is 13.5. The molecule has 1 aliphatic carbocycles. The highest BCUT2D eigenvalue weighted by molar-refractivity contribution is 5.96. The number of rotatable bonds is 6. The van der Waals surface area contributed by atoms with Crippen molar-refractivity contribution in [3.05, 3.63) is 12.7 Å². The molecular weight excluding hydrogens is 416 g/mol. The summed E-state index contributed by atoms with van der Waals surface area (Å²) in [5.74, 6) is -2.57. The Bertz CT molecular complexity index is 799. The van der Waals surface area contributed by atoms with E-state index in [1.807, 2.05) is 0 Å². The van der Waals surface area contributed by atoms with Gasteiger partial charge < -0.3 is 31.1 Å². The van der Waals surface area contributed by atoms with E-state index >= 15 is 0 Å². The monoisotopic (exact) mass is 452 g/mol. The van der Waals surface area contributed by atoms with Gasteiger partial charge in [0.15, 0.2) is 0 Å². The summed E-state index contributed by atoms with van der Waals surface area (Å²) in [6, 6.07) is -2.37. The van der Waals surface area contributed by atoms with Gasteiger partial charge in [0.05, 0.1) is 0 Å². The molecule has 1 saturated carbocycles. The highest BCUT2D eigenvalue weighted by Gasteiger charge is 2.61. The van der Waals surface area contributed by atoms with Crippen molar-refractivity contribution < 1.29 is 29.0 Å². The van der Waals surface area contributed by atoms with E-state index in [0.29, 0.717) is 0 Å². The molecule has 1 heterocycles. The number of hydrogen-bond acceptors (Lipinski definition) is 6. The summed E-state index contributed by atoms with van der Waals surface area (Å²) >= 11 is 0. The molecule has 10 nitrogen and oxygen atoms in total. The number of nitrogens with zero attached hydrogens (tertiary/aromatic N) is 1. The third-order valence-electron chi connectivity index (χ3n) is 5.72. The minimum Gasteiger partial charge on any atom is -0.479 e. The van der Waals surface area contributed by atoms with Gasteiger partial charge in [-0.3, -0.25) is 9.59 Å². The van der Waals surface area contributed by atoms with E-state index in [4.69, 9.17) is 10.5 Å². The number of carbonyl (C=O) groups excluding carboxylic acids is 3. The van der Waals surface area contributed by atoms with Gasteiger partial charge in [-0.05, 0) is 39.0 Å². The topological polar surface area (TPSA) is 151 Å². The average Bonchev–Trinajstić information content (AvgIpc) is 3.20. The van der Waals surface area contributed by atoms with Crippen LogP contribution in [0.4, 0.5) is 4.79 Å². The smallest absolute Gasteiger partial charge is 0.408 e. The van der Waals surface area contributed by atoms with Crippen molar-refractivity contribution in [2.75, 3.05) is 6.54 Å². The van der Waals surface area contributed by atoms with Crippen LogP contribution in [0, 0.1) is 11.3 Å². The number of aliphatic carboxylic acids is 1. The van der Waals surface area contributed by atoms with Crippen molar-refractivity contribution in [2.24, 2.45) is 17.1 Å². The quantitative estimate of drug-likeness (QED) is 0.439. The minimum absolute atomic E-state index is 0.116. The van der Waals surface area contributed by atoms with Crippen molar-refractivity contribution in [2.45, 2.75) is 83.6 Å². The van der Waals surface area contributed by atoms with Crippen LogP contribution < -0.4 is 16.4 Å². The molecule has 32 heavy (non-hydrogen) atoms. The summed E-state index contributed by atoms with van der Waals surface area (Å²) in [5.41, 5.74) is 3.22. The maximum Gasteiger partial charge on any atom is 0.408 e.